The number of ether oxygens (including phenoxy) is 1. The number of nitrogens with zero attached hydrogens (tertiary/aromatic N) is 1. The Kier molecular flexibility index (Phi) is 6.58. The molecule has 4 rings (SSSR count). The highest BCUT2D eigenvalue weighted by Gasteiger charge is 2.20. The normalized spacial score (nSPS) is 10.9. The lowest BCUT2D eigenvalue weighted by molar-refractivity contribution is 0.102. The van der Waals surface area contributed by atoms with Gasteiger partial charge >= 0.3 is 0 Å². The molecule has 166 valence electrons. The van der Waals surface area contributed by atoms with Gasteiger partial charge in [-0.15, -0.1) is 0 Å². The standard InChI is InChI=1S/C24H18ClN3O4S/c25-17-8-10-18(11-9-17)27-24(29)22-15-20(32-19-5-2-1-3-6-19)12-13-23(22)28-33(30,31)21-7-4-14-26-16-21/h1-16,28H,(H,27,29). The number of hydrogen-bond donors (Lipinski definition) is 2. The molecule has 1 aromatic heterocycles. The number of carbonyl (C=O) groups excluding carboxylic acids is 1. The molecule has 0 radical (unpaired) electrons. The molecule has 0 spiro atoms. The van der Waals surface area contributed by atoms with Crippen LogP contribution in [0.2, 0.25) is 5.02 Å². The van der Waals surface area contributed by atoms with Gasteiger partial charge < -0.3 is 10.1 Å². The van der Waals surface area contributed by atoms with E-state index < -0.39 is 15.9 Å². The third kappa shape index (κ3) is 5.68. The van der Waals surface area contributed by atoms with E-state index in [1.165, 1.54) is 36.7 Å². The molecule has 4 aromatic rings. The quantitative estimate of drug-likeness (QED) is 0.360. The van der Waals surface area contributed by atoms with Crippen molar-refractivity contribution >= 4 is 38.9 Å². The minimum absolute atomic E-state index is 0.0290. The van der Waals surface area contributed by atoms with Gasteiger partial charge in [-0.3, -0.25) is 14.5 Å². The number of aromatic nitrogens is 1. The maximum absolute atomic E-state index is 13.1. The zero-order valence-electron chi connectivity index (χ0n) is 17.1. The predicted molar refractivity (Wildman–Crippen MR) is 127 cm³/mol. The molecule has 0 aliphatic carbocycles. The summed E-state index contributed by atoms with van der Waals surface area (Å²) in [5.41, 5.74) is 0.663. The van der Waals surface area contributed by atoms with Crippen molar-refractivity contribution in [1.29, 1.82) is 0 Å². The lowest BCUT2D eigenvalue weighted by atomic mass is 10.1. The summed E-state index contributed by atoms with van der Waals surface area (Å²) in [5, 5.41) is 3.27. The maximum atomic E-state index is 13.1. The van der Waals surface area contributed by atoms with Crippen LogP contribution in [0.4, 0.5) is 11.4 Å². The average Bonchev–Trinajstić information content (AvgIpc) is 2.82. The fraction of sp³-hybridized carbons (Fsp3) is 0. The first-order chi connectivity index (χ1) is 15.9. The van der Waals surface area contributed by atoms with Gasteiger partial charge in [0, 0.05) is 23.1 Å². The molecule has 3 aromatic carbocycles. The van der Waals surface area contributed by atoms with Crippen LogP contribution >= 0.6 is 11.6 Å². The third-order valence-corrected chi connectivity index (χ3v) is 6.11. The van der Waals surface area contributed by atoms with Crippen LogP contribution < -0.4 is 14.8 Å². The molecule has 0 unspecified atom stereocenters. The summed E-state index contributed by atoms with van der Waals surface area (Å²) >= 11 is 5.91. The monoisotopic (exact) mass is 479 g/mol. The van der Waals surface area contributed by atoms with Gasteiger partial charge in [-0.1, -0.05) is 29.8 Å². The molecule has 1 amide bonds. The van der Waals surface area contributed by atoms with Crippen LogP contribution in [-0.4, -0.2) is 19.3 Å². The summed E-state index contributed by atoms with van der Waals surface area (Å²) < 4.78 is 33.9. The largest absolute Gasteiger partial charge is 0.457 e. The second-order valence-corrected chi connectivity index (χ2v) is 9.00. The van der Waals surface area contributed by atoms with E-state index >= 15 is 0 Å². The van der Waals surface area contributed by atoms with E-state index in [1.54, 1.807) is 42.5 Å². The van der Waals surface area contributed by atoms with Gasteiger partial charge in [-0.2, -0.15) is 0 Å². The van der Waals surface area contributed by atoms with Crippen molar-refractivity contribution in [3.63, 3.8) is 0 Å². The van der Waals surface area contributed by atoms with E-state index in [2.05, 4.69) is 15.0 Å². The molecule has 33 heavy (non-hydrogen) atoms. The van der Waals surface area contributed by atoms with Gasteiger partial charge in [0.2, 0.25) is 0 Å². The first kappa shape index (κ1) is 22.3. The summed E-state index contributed by atoms with van der Waals surface area (Å²) in [6.45, 7) is 0. The zero-order valence-corrected chi connectivity index (χ0v) is 18.7. The van der Waals surface area contributed by atoms with E-state index in [0.29, 0.717) is 22.2 Å². The van der Waals surface area contributed by atoms with Gasteiger partial charge in [0.05, 0.1) is 11.3 Å². The third-order valence-electron chi connectivity index (χ3n) is 4.51. The minimum Gasteiger partial charge on any atom is -0.457 e. The summed E-state index contributed by atoms with van der Waals surface area (Å²) in [6, 6.07) is 23.0. The molecule has 9 heteroatoms. The van der Waals surface area contributed by atoms with Gasteiger partial charge in [0.1, 0.15) is 16.4 Å². The Morgan fingerprint density at radius 1 is 0.879 bits per heavy atom. The Morgan fingerprint density at radius 3 is 2.33 bits per heavy atom. The van der Waals surface area contributed by atoms with Crippen molar-refractivity contribution < 1.29 is 17.9 Å². The molecule has 0 saturated heterocycles. The smallest absolute Gasteiger partial charge is 0.263 e. The highest BCUT2D eigenvalue weighted by atomic mass is 35.5. The van der Waals surface area contributed by atoms with Crippen LogP contribution in [0.15, 0.2) is 102 Å². The van der Waals surface area contributed by atoms with Crippen LogP contribution in [0, 0.1) is 0 Å². The molecule has 2 N–H and O–H groups in total. The molecule has 1 heterocycles. The predicted octanol–water partition coefficient (Wildman–Crippen LogP) is 5.58. The Labute approximate surface area is 196 Å². The Bertz CT molecular complexity index is 1360. The van der Waals surface area contributed by atoms with Gasteiger partial charge in [0.25, 0.3) is 15.9 Å². The van der Waals surface area contributed by atoms with Crippen molar-refractivity contribution in [2.45, 2.75) is 4.90 Å². The molecular weight excluding hydrogens is 462 g/mol. The van der Waals surface area contributed by atoms with Crippen molar-refractivity contribution in [3.05, 3.63) is 108 Å². The number of sulfonamides is 1. The maximum Gasteiger partial charge on any atom is 0.263 e. The van der Waals surface area contributed by atoms with E-state index in [9.17, 15) is 13.2 Å². The van der Waals surface area contributed by atoms with Crippen molar-refractivity contribution in [2.75, 3.05) is 10.0 Å². The van der Waals surface area contributed by atoms with Crippen molar-refractivity contribution in [2.24, 2.45) is 0 Å². The van der Waals surface area contributed by atoms with Gasteiger partial charge in [-0.05, 0) is 66.7 Å². The van der Waals surface area contributed by atoms with Crippen LogP contribution in [0.3, 0.4) is 0 Å². The molecule has 0 aliphatic rings. The number of para-hydroxylation sites is 1. The Morgan fingerprint density at radius 2 is 1.64 bits per heavy atom. The Balaban J connectivity index is 1.68. The SMILES string of the molecule is O=C(Nc1ccc(Cl)cc1)c1cc(Oc2ccccc2)ccc1NS(=O)(=O)c1cccnc1. The molecule has 0 fully saturated rings. The first-order valence-electron chi connectivity index (χ1n) is 9.77. The average molecular weight is 480 g/mol. The number of halogens is 1. The second-order valence-electron chi connectivity index (χ2n) is 6.88. The van der Waals surface area contributed by atoms with Crippen LogP contribution in [0.5, 0.6) is 11.5 Å². The first-order valence-corrected chi connectivity index (χ1v) is 11.6. The lowest BCUT2D eigenvalue weighted by Gasteiger charge is -2.15. The molecule has 0 bridgehead atoms. The second kappa shape index (κ2) is 9.72. The van der Waals surface area contributed by atoms with Crippen molar-refractivity contribution in [1.82, 2.24) is 4.98 Å². The number of pyridine rings is 1. The highest BCUT2D eigenvalue weighted by molar-refractivity contribution is 7.92. The number of anilines is 2. The molecule has 0 aliphatic heterocycles. The fourth-order valence-corrected chi connectivity index (χ4v) is 4.10. The van der Waals surface area contributed by atoms with E-state index in [0.717, 1.165) is 0 Å². The van der Waals surface area contributed by atoms with E-state index in [4.69, 9.17) is 16.3 Å². The number of nitrogens with one attached hydrogen (secondary N) is 2. The molecule has 0 saturated carbocycles. The van der Waals surface area contributed by atoms with E-state index in [1.807, 2.05) is 18.2 Å². The molecule has 0 atom stereocenters. The summed E-state index contributed by atoms with van der Waals surface area (Å²) in [4.78, 5) is 16.9. The molecule has 7 nitrogen and oxygen atoms in total. The summed E-state index contributed by atoms with van der Waals surface area (Å²) in [5.74, 6) is 0.414. The highest BCUT2D eigenvalue weighted by Crippen LogP contribution is 2.29. The van der Waals surface area contributed by atoms with E-state index in [-0.39, 0.29) is 16.1 Å². The van der Waals surface area contributed by atoms with Crippen LogP contribution in [0.25, 0.3) is 0 Å². The fourth-order valence-electron chi connectivity index (χ4n) is 2.93. The number of benzene rings is 3. The number of amides is 1. The summed E-state index contributed by atoms with van der Waals surface area (Å²) in [6.07, 6.45) is 2.70. The van der Waals surface area contributed by atoms with Gasteiger partial charge in [-0.25, -0.2) is 8.42 Å². The van der Waals surface area contributed by atoms with Crippen LogP contribution in [0.1, 0.15) is 10.4 Å². The van der Waals surface area contributed by atoms with Crippen LogP contribution in [-0.2, 0) is 10.0 Å². The number of carbonyl (C=O) groups is 1. The van der Waals surface area contributed by atoms with Gasteiger partial charge in [0.15, 0.2) is 0 Å². The minimum atomic E-state index is -3.97. The number of hydrogen-bond acceptors (Lipinski definition) is 5. The summed E-state index contributed by atoms with van der Waals surface area (Å²) in [7, 11) is -3.97. The Hall–Kier alpha value is -3.88. The lowest BCUT2D eigenvalue weighted by Crippen LogP contribution is -2.19. The molecular formula is C24H18ClN3O4S. The topological polar surface area (TPSA) is 97.4 Å². The number of rotatable bonds is 7. The zero-order chi connectivity index (χ0) is 23.3. The van der Waals surface area contributed by atoms with Crippen molar-refractivity contribution in [3.8, 4) is 11.5 Å².